The Morgan fingerprint density at radius 3 is 2.48 bits per heavy atom. The molecule has 0 aliphatic carbocycles. The maximum atomic E-state index is 5.86. The fourth-order valence-electron chi connectivity index (χ4n) is 3.24. The zero-order valence-corrected chi connectivity index (χ0v) is 14.1. The normalized spacial score (nSPS) is 22.4. The van der Waals surface area contributed by atoms with Crippen molar-refractivity contribution < 1.29 is 0 Å². The Balaban J connectivity index is 1.87. The summed E-state index contributed by atoms with van der Waals surface area (Å²) >= 11 is 0. The van der Waals surface area contributed by atoms with Crippen LogP contribution in [0, 0.1) is 5.92 Å². The molecule has 23 heavy (non-hydrogen) atoms. The zero-order valence-electron chi connectivity index (χ0n) is 14.1. The second-order valence-electron chi connectivity index (χ2n) is 6.45. The number of nitrogen functional groups attached to an aromatic ring is 1. The van der Waals surface area contributed by atoms with E-state index in [1.54, 1.807) is 0 Å². The summed E-state index contributed by atoms with van der Waals surface area (Å²) in [6, 6.07) is 11.1. The number of hydrogen-bond donors (Lipinski definition) is 1. The van der Waals surface area contributed by atoms with Gasteiger partial charge in [0, 0.05) is 26.7 Å². The Morgan fingerprint density at radius 1 is 1.17 bits per heavy atom. The third kappa shape index (κ3) is 2.99. The number of aromatic nitrogens is 3. The van der Waals surface area contributed by atoms with E-state index in [1.807, 2.05) is 19.0 Å². The number of benzene rings is 1. The molecule has 1 aliphatic rings. The average Bonchev–Trinajstić information content (AvgIpc) is 2.52. The van der Waals surface area contributed by atoms with Crippen LogP contribution >= 0.6 is 0 Å². The first-order chi connectivity index (χ1) is 11.0. The van der Waals surface area contributed by atoms with E-state index in [4.69, 9.17) is 5.73 Å². The van der Waals surface area contributed by atoms with Gasteiger partial charge in [0.1, 0.15) is 0 Å². The molecule has 3 rings (SSSR count). The van der Waals surface area contributed by atoms with Crippen molar-refractivity contribution in [3.63, 3.8) is 0 Å². The lowest BCUT2D eigenvalue weighted by Gasteiger charge is -2.49. The van der Waals surface area contributed by atoms with Crippen molar-refractivity contribution in [2.75, 3.05) is 31.3 Å². The average molecular weight is 312 g/mol. The summed E-state index contributed by atoms with van der Waals surface area (Å²) in [7, 11) is 3.81. The van der Waals surface area contributed by atoms with Gasteiger partial charge in [0.25, 0.3) is 0 Å². The Kier molecular flexibility index (Phi) is 4.17. The zero-order chi connectivity index (χ0) is 16.6. The second-order valence-corrected chi connectivity index (χ2v) is 6.45. The second kappa shape index (κ2) is 6.12. The molecule has 1 aliphatic heterocycles. The van der Waals surface area contributed by atoms with Gasteiger partial charge in [-0.25, -0.2) is 0 Å². The number of nitrogens with two attached hydrogens (primary N) is 1. The van der Waals surface area contributed by atoms with Gasteiger partial charge in [0.15, 0.2) is 5.82 Å². The lowest BCUT2D eigenvalue weighted by Crippen LogP contribution is -2.49. The Hall–Kier alpha value is -2.21. The van der Waals surface area contributed by atoms with E-state index in [2.05, 4.69) is 64.0 Å². The van der Waals surface area contributed by atoms with Crippen molar-refractivity contribution in [2.24, 2.45) is 5.92 Å². The fraction of sp³-hybridized carbons (Fsp3) is 0.471. The van der Waals surface area contributed by atoms with Crippen LogP contribution in [-0.2, 0) is 0 Å². The van der Waals surface area contributed by atoms with Crippen LogP contribution in [0.4, 0.5) is 11.9 Å². The molecule has 0 bridgehead atoms. The van der Waals surface area contributed by atoms with Gasteiger partial charge in [-0.15, -0.1) is 0 Å². The number of anilines is 2. The van der Waals surface area contributed by atoms with Crippen LogP contribution in [-0.4, -0.2) is 40.5 Å². The lowest BCUT2D eigenvalue weighted by molar-refractivity contribution is -0.0139. The molecule has 2 N–H and O–H groups in total. The van der Waals surface area contributed by atoms with Gasteiger partial charge in [-0.2, -0.15) is 15.0 Å². The molecule has 1 aromatic heterocycles. The van der Waals surface area contributed by atoms with Gasteiger partial charge in [-0.3, -0.25) is 4.90 Å². The number of hydrogen-bond acceptors (Lipinski definition) is 6. The molecule has 1 aromatic carbocycles. The topological polar surface area (TPSA) is 71.2 Å². The van der Waals surface area contributed by atoms with Crippen LogP contribution in [0.3, 0.4) is 0 Å². The highest BCUT2D eigenvalue weighted by Crippen LogP contribution is 2.43. The van der Waals surface area contributed by atoms with Crippen LogP contribution in [0.2, 0.25) is 0 Å². The molecule has 6 nitrogen and oxygen atoms in total. The van der Waals surface area contributed by atoms with Gasteiger partial charge in [-0.1, -0.05) is 37.3 Å². The molecule has 1 fully saturated rings. The fourth-order valence-corrected chi connectivity index (χ4v) is 3.24. The predicted molar refractivity (Wildman–Crippen MR) is 92.0 cm³/mol. The molecule has 0 radical (unpaired) electrons. The summed E-state index contributed by atoms with van der Waals surface area (Å²) in [5.74, 6) is 2.22. The van der Waals surface area contributed by atoms with Gasteiger partial charge >= 0.3 is 0 Å². The summed E-state index contributed by atoms with van der Waals surface area (Å²) in [5.41, 5.74) is 7.20. The highest BCUT2D eigenvalue weighted by Gasteiger charge is 2.40. The third-order valence-corrected chi connectivity index (χ3v) is 4.47. The van der Waals surface area contributed by atoms with Crippen LogP contribution < -0.4 is 10.6 Å². The third-order valence-electron chi connectivity index (χ3n) is 4.47. The van der Waals surface area contributed by atoms with E-state index in [0.717, 1.165) is 12.4 Å². The highest BCUT2D eigenvalue weighted by molar-refractivity contribution is 5.33. The molecule has 2 aromatic rings. The monoisotopic (exact) mass is 312 g/mol. The maximum Gasteiger partial charge on any atom is 0.229 e. The molecule has 6 heteroatoms. The van der Waals surface area contributed by atoms with E-state index in [0.29, 0.717) is 17.9 Å². The minimum absolute atomic E-state index is 0.0976. The lowest BCUT2D eigenvalue weighted by atomic mass is 9.83. The molecule has 0 amide bonds. The van der Waals surface area contributed by atoms with Crippen molar-refractivity contribution in [1.29, 1.82) is 0 Å². The Bertz CT molecular complexity index is 672. The SMILES string of the molecule is C[C@@H]1CN([C@@H](C)c2nc(N)nc(N(C)C)n2)[C@H]1c1ccccc1. The summed E-state index contributed by atoms with van der Waals surface area (Å²) < 4.78 is 0. The number of rotatable bonds is 4. The molecule has 1 saturated heterocycles. The molecule has 0 spiro atoms. The molecule has 0 saturated carbocycles. The van der Waals surface area contributed by atoms with Gasteiger partial charge < -0.3 is 10.6 Å². The molecule has 0 unspecified atom stereocenters. The molecule has 122 valence electrons. The quantitative estimate of drug-likeness (QED) is 0.934. The summed E-state index contributed by atoms with van der Waals surface area (Å²) in [6.07, 6.45) is 0. The first-order valence-corrected chi connectivity index (χ1v) is 7.97. The van der Waals surface area contributed by atoms with E-state index in [9.17, 15) is 0 Å². The van der Waals surface area contributed by atoms with Crippen molar-refractivity contribution in [1.82, 2.24) is 19.9 Å². The van der Waals surface area contributed by atoms with E-state index >= 15 is 0 Å². The summed E-state index contributed by atoms with van der Waals surface area (Å²) in [6.45, 7) is 5.45. The van der Waals surface area contributed by atoms with Crippen molar-refractivity contribution in [2.45, 2.75) is 25.9 Å². The number of likely N-dealkylation sites (tertiary alicyclic amines) is 1. The van der Waals surface area contributed by atoms with Crippen molar-refractivity contribution in [3.05, 3.63) is 41.7 Å². The number of nitrogens with zero attached hydrogens (tertiary/aromatic N) is 5. The Labute approximate surface area is 137 Å². The van der Waals surface area contributed by atoms with E-state index in [-0.39, 0.29) is 12.0 Å². The molecular formula is C17H24N6. The van der Waals surface area contributed by atoms with Crippen LogP contribution in [0.1, 0.15) is 37.3 Å². The standard InChI is InChI=1S/C17H24N6/c1-11-10-23(14(11)13-8-6-5-7-9-13)12(2)15-19-16(18)21-17(20-15)22(3)4/h5-9,11-12,14H,10H2,1-4H3,(H2,18,19,20,21)/t11-,12+,14-/m1/s1. The van der Waals surface area contributed by atoms with Gasteiger partial charge in [0.05, 0.1) is 6.04 Å². The summed E-state index contributed by atoms with van der Waals surface area (Å²) in [5, 5.41) is 0. The highest BCUT2D eigenvalue weighted by atomic mass is 15.3. The van der Waals surface area contributed by atoms with E-state index < -0.39 is 0 Å². The largest absolute Gasteiger partial charge is 0.368 e. The first kappa shape index (κ1) is 15.7. The van der Waals surface area contributed by atoms with Gasteiger partial charge in [-0.05, 0) is 18.4 Å². The minimum Gasteiger partial charge on any atom is -0.368 e. The van der Waals surface area contributed by atoms with Crippen LogP contribution in [0.5, 0.6) is 0 Å². The van der Waals surface area contributed by atoms with E-state index in [1.165, 1.54) is 5.56 Å². The summed E-state index contributed by atoms with van der Waals surface area (Å²) in [4.78, 5) is 17.4. The minimum atomic E-state index is 0.0976. The first-order valence-electron chi connectivity index (χ1n) is 7.97. The predicted octanol–water partition coefficient (Wildman–Crippen LogP) is 2.27. The molecule has 2 heterocycles. The smallest absolute Gasteiger partial charge is 0.229 e. The Morgan fingerprint density at radius 2 is 1.87 bits per heavy atom. The van der Waals surface area contributed by atoms with Crippen molar-refractivity contribution >= 4 is 11.9 Å². The molecule has 3 atom stereocenters. The van der Waals surface area contributed by atoms with Crippen LogP contribution in [0.25, 0.3) is 0 Å². The van der Waals surface area contributed by atoms with Gasteiger partial charge in [0.2, 0.25) is 11.9 Å². The maximum absolute atomic E-state index is 5.86. The van der Waals surface area contributed by atoms with Crippen molar-refractivity contribution in [3.8, 4) is 0 Å². The van der Waals surface area contributed by atoms with Crippen LogP contribution in [0.15, 0.2) is 30.3 Å². The molecular weight excluding hydrogens is 288 g/mol.